The van der Waals surface area contributed by atoms with E-state index in [4.69, 9.17) is 0 Å². The highest BCUT2D eigenvalue weighted by Crippen LogP contribution is 2.13. The average molecular weight is 241 g/mol. The van der Waals surface area contributed by atoms with Crippen LogP contribution in [-0.2, 0) is 6.42 Å². The number of hydrogen-bond acceptors (Lipinski definition) is 1. The first-order valence-corrected chi connectivity index (χ1v) is 5.50. The molecule has 0 unspecified atom stereocenters. The maximum absolute atomic E-state index is 11.5. The van der Waals surface area contributed by atoms with Gasteiger partial charge in [0.1, 0.15) is 0 Å². The third-order valence-corrected chi connectivity index (χ3v) is 2.64. The number of benzene rings is 1. The maximum Gasteiger partial charge on any atom is 0.173 e. The summed E-state index contributed by atoms with van der Waals surface area (Å²) in [4.78, 5) is 11.5. The summed E-state index contributed by atoms with van der Waals surface area (Å²) in [5, 5.41) is 0.404. The van der Waals surface area contributed by atoms with E-state index in [1.54, 1.807) is 0 Å². The largest absolute Gasteiger partial charge is 0.293 e. The van der Waals surface area contributed by atoms with Gasteiger partial charge in [-0.15, -0.1) is 0 Å². The summed E-state index contributed by atoms with van der Waals surface area (Å²) in [5.74, 6) is 0.160. The van der Waals surface area contributed by atoms with Crippen LogP contribution in [0, 0.1) is 6.92 Å². The van der Waals surface area contributed by atoms with Crippen molar-refractivity contribution in [1.29, 1.82) is 0 Å². The molecule has 0 N–H and O–H groups in total. The summed E-state index contributed by atoms with van der Waals surface area (Å²) in [6.07, 6.45) is 0.975. The molecule has 0 heterocycles. The van der Waals surface area contributed by atoms with Crippen LogP contribution >= 0.6 is 15.9 Å². The minimum atomic E-state index is 0.160. The molecule has 70 valence electrons. The molecule has 1 aromatic rings. The first-order chi connectivity index (χ1) is 6.19. The smallest absolute Gasteiger partial charge is 0.173 e. The molecule has 0 saturated heterocycles. The van der Waals surface area contributed by atoms with Gasteiger partial charge in [-0.25, -0.2) is 0 Å². The standard InChI is InChI=1S/C11H13BrO/c1-3-9-5-4-8(2)10(6-9)11(13)7-12/h4-6H,3,7H2,1-2H3. The number of aryl methyl sites for hydroxylation is 2. The molecule has 13 heavy (non-hydrogen) atoms. The molecule has 0 spiro atoms. The molecule has 0 bridgehead atoms. The molecule has 0 aliphatic rings. The molecule has 0 amide bonds. The van der Waals surface area contributed by atoms with Crippen LogP contribution in [0.3, 0.4) is 0 Å². The van der Waals surface area contributed by atoms with E-state index in [2.05, 4.69) is 28.9 Å². The van der Waals surface area contributed by atoms with E-state index in [0.29, 0.717) is 5.33 Å². The summed E-state index contributed by atoms with van der Waals surface area (Å²) in [6.45, 7) is 4.06. The number of rotatable bonds is 3. The van der Waals surface area contributed by atoms with Crippen LogP contribution < -0.4 is 0 Å². The summed E-state index contributed by atoms with van der Waals surface area (Å²) >= 11 is 3.18. The molecule has 0 fully saturated rings. The van der Waals surface area contributed by atoms with E-state index in [-0.39, 0.29) is 5.78 Å². The van der Waals surface area contributed by atoms with Crippen molar-refractivity contribution in [3.63, 3.8) is 0 Å². The molecule has 0 aliphatic carbocycles. The molecular formula is C11H13BrO. The first kappa shape index (κ1) is 10.5. The summed E-state index contributed by atoms with van der Waals surface area (Å²) in [6, 6.07) is 6.06. The number of carbonyl (C=O) groups is 1. The van der Waals surface area contributed by atoms with E-state index in [9.17, 15) is 4.79 Å². The minimum Gasteiger partial charge on any atom is -0.293 e. The highest BCUT2D eigenvalue weighted by Gasteiger charge is 2.07. The first-order valence-electron chi connectivity index (χ1n) is 4.37. The van der Waals surface area contributed by atoms with Crippen molar-refractivity contribution in [3.05, 3.63) is 34.9 Å². The van der Waals surface area contributed by atoms with E-state index in [1.165, 1.54) is 5.56 Å². The molecule has 0 aliphatic heterocycles. The molecule has 0 atom stereocenters. The van der Waals surface area contributed by atoms with Gasteiger partial charge in [0.05, 0.1) is 5.33 Å². The lowest BCUT2D eigenvalue weighted by Crippen LogP contribution is -2.03. The Balaban J connectivity index is 3.11. The van der Waals surface area contributed by atoms with Crippen molar-refractivity contribution >= 4 is 21.7 Å². The SMILES string of the molecule is CCc1ccc(C)c(C(=O)CBr)c1. The molecule has 1 aromatic carbocycles. The third-order valence-electron chi connectivity index (χ3n) is 2.13. The molecule has 0 aromatic heterocycles. The Labute approximate surface area is 87.3 Å². The van der Waals surface area contributed by atoms with E-state index < -0.39 is 0 Å². The zero-order chi connectivity index (χ0) is 9.84. The Hall–Kier alpha value is -0.630. The lowest BCUT2D eigenvalue weighted by atomic mass is 10.0. The van der Waals surface area contributed by atoms with Crippen molar-refractivity contribution < 1.29 is 4.79 Å². The Morgan fingerprint density at radius 2 is 2.15 bits per heavy atom. The number of carbonyl (C=O) groups excluding carboxylic acids is 1. The minimum absolute atomic E-state index is 0.160. The van der Waals surface area contributed by atoms with Crippen molar-refractivity contribution in [2.45, 2.75) is 20.3 Å². The fourth-order valence-electron chi connectivity index (χ4n) is 1.26. The van der Waals surface area contributed by atoms with Gasteiger partial charge >= 0.3 is 0 Å². The second-order valence-corrected chi connectivity index (χ2v) is 3.62. The van der Waals surface area contributed by atoms with Crippen LogP contribution in [0.5, 0.6) is 0 Å². The Bertz CT molecular complexity index is 318. The van der Waals surface area contributed by atoms with E-state index >= 15 is 0 Å². The third kappa shape index (κ3) is 2.41. The Kier molecular flexibility index (Phi) is 3.67. The van der Waals surface area contributed by atoms with Crippen molar-refractivity contribution in [2.24, 2.45) is 0 Å². The van der Waals surface area contributed by atoms with E-state index in [1.807, 2.05) is 19.1 Å². The number of ketones is 1. The summed E-state index contributed by atoms with van der Waals surface area (Å²) in [5.41, 5.74) is 3.12. The Morgan fingerprint density at radius 1 is 1.46 bits per heavy atom. The van der Waals surface area contributed by atoms with Crippen LogP contribution in [0.25, 0.3) is 0 Å². The van der Waals surface area contributed by atoms with Crippen molar-refractivity contribution in [1.82, 2.24) is 0 Å². The number of halogens is 1. The zero-order valence-corrected chi connectivity index (χ0v) is 9.52. The maximum atomic E-state index is 11.5. The topological polar surface area (TPSA) is 17.1 Å². The number of hydrogen-bond donors (Lipinski definition) is 0. The molecule has 1 rings (SSSR count). The molecule has 1 nitrogen and oxygen atoms in total. The van der Waals surface area contributed by atoms with Gasteiger partial charge < -0.3 is 0 Å². The normalized spacial score (nSPS) is 10.1. The van der Waals surface area contributed by atoms with Gasteiger partial charge in [-0.3, -0.25) is 4.79 Å². The van der Waals surface area contributed by atoms with Crippen LogP contribution in [0.15, 0.2) is 18.2 Å². The van der Waals surface area contributed by atoms with Gasteiger partial charge in [0.15, 0.2) is 5.78 Å². The lowest BCUT2D eigenvalue weighted by Gasteiger charge is -2.04. The highest BCUT2D eigenvalue weighted by atomic mass is 79.9. The number of alkyl halides is 1. The second kappa shape index (κ2) is 4.56. The lowest BCUT2D eigenvalue weighted by molar-refractivity contribution is 0.102. The van der Waals surface area contributed by atoms with Gasteiger partial charge in [0.2, 0.25) is 0 Å². The second-order valence-electron chi connectivity index (χ2n) is 3.06. The fraction of sp³-hybridized carbons (Fsp3) is 0.364. The van der Waals surface area contributed by atoms with Gasteiger partial charge in [-0.2, -0.15) is 0 Å². The summed E-state index contributed by atoms with van der Waals surface area (Å²) in [7, 11) is 0. The molecule has 2 heteroatoms. The van der Waals surface area contributed by atoms with Gasteiger partial charge in [-0.05, 0) is 30.5 Å². The van der Waals surface area contributed by atoms with Crippen LogP contribution in [-0.4, -0.2) is 11.1 Å². The van der Waals surface area contributed by atoms with Gasteiger partial charge in [0.25, 0.3) is 0 Å². The van der Waals surface area contributed by atoms with Crippen molar-refractivity contribution in [2.75, 3.05) is 5.33 Å². The van der Waals surface area contributed by atoms with Crippen LogP contribution in [0.1, 0.15) is 28.4 Å². The monoisotopic (exact) mass is 240 g/mol. The number of Topliss-reactive ketones (excluding diaryl/α,β-unsaturated/α-hetero) is 1. The van der Waals surface area contributed by atoms with Gasteiger partial charge in [0, 0.05) is 5.56 Å². The molecule has 0 saturated carbocycles. The highest BCUT2D eigenvalue weighted by molar-refractivity contribution is 9.09. The van der Waals surface area contributed by atoms with Crippen LogP contribution in [0.4, 0.5) is 0 Å². The quantitative estimate of drug-likeness (QED) is 0.587. The van der Waals surface area contributed by atoms with E-state index in [0.717, 1.165) is 17.5 Å². The Morgan fingerprint density at radius 3 is 2.69 bits per heavy atom. The van der Waals surface area contributed by atoms with Gasteiger partial charge in [-0.1, -0.05) is 35.0 Å². The predicted molar refractivity (Wildman–Crippen MR) is 58.7 cm³/mol. The predicted octanol–water partition coefficient (Wildman–Crippen LogP) is 3.14. The molecule has 0 radical (unpaired) electrons. The zero-order valence-electron chi connectivity index (χ0n) is 7.93. The molecular weight excluding hydrogens is 228 g/mol. The average Bonchev–Trinajstić information content (AvgIpc) is 2.17. The summed E-state index contributed by atoms with van der Waals surface area (Å²) < 4.78 is 0. The van der Waals surface area contributed by atoms with Crippen molar-refractivity contribution in [3.8, 4) is 0 Å². The van der Waals surface area contributed by atoms with Crippen LogP contribution in [0.2, 0.25) is 0 Å². The fourth-order valence-corrected chi connectivity index (χ4v) is 1.56.